The molecule has 298 valence electrons. The predicted octanol–water partition coefficient (Wildman–Crippen LogP) is 14.9. The third-order valence-corrected chi connectivity index (χ3v) is 14.0. The highest BCUT2D eigenvalue weighted by Gasteiger charge is 2.25. The first-order chi connectivity index (χ1) is 31.8. The molecule has 5 aromatic heterocycles. The summed E-state index contributed by atoms with van der Waals surface area (Å²) < 4.78 is 9.59. The molecule has 64 heavy (non-hydrogen) atoms. The van der Waals surface area contributed by atoms with E-state index < -0.39 is 0 Å². The van der Waals surface area contributed by atoms with Gasteiger partial charge in [0.2, 0.25) is 5.95 Å². The van der Waals surface area contributed by atoms with Gasteiger partial charge in [-0.05, 0) is 54.6 Å². The number of para-hydroxylation sites is 5. The van der Waals surface area contributed by atoms with Gasteiger partial charge in [-0.2, -0.15) is 9.97 Å². The Morgan fingerprint density at radius 2 is 0.797 bits per heavy atom. The molecule has 0 aliphatic rings. The molecule has 0 bridgehead atoms. The summed E-state index contributed by atoms with van der Waals surface area (Å²) in [7, 11) is 0. The molecule has 7 heteroatoms. The van der Waals surface area contributed by atoms with E-state index in [0.29, 0.717) is 17.6 Å². The molecule has 6 nitrogen and oxygen atoms in total. The highest BCUT2D eigenvalue weighted by molar-refractivity contribution is 7.25. The molecule has 0 aliphatic heterocycles. The molecule has 9 aromatic carbocycles. The summed E-state index contributed by atoms with van der Waals surface area (Å²) in [5, 5.41) is 9.55. The van der Waals surface area contributed by atoms with E-state index in [0.717, 1.165) is 66.4 Å². The number of rotatable bonds is 5. The molecule has 0 fully saturated rings. The van der Waals surface area contributed by atoms with E-state index in [1.54, 1.807) is 11.3 Å². The summed E-state index contributed by atoms with van der Waals surface area (Å²) in [5.74, 6) is 1.78. The molecule has 0 N–H and O–H groups in total. The lowest BCUT2D eigenvalue weighted by atomic mass is 10.1. The molecule has 0 saturated carbocycles. The maximum absolute atomic E-state index is 5.50. The Morgan fingerprint density at radius 1 is 0.312 bits per heavy atom. The molecule has 5 heterocycles. The second kappa shape index (κ2) is 13.6. The normalized spacial score (nSPS) is 12.1. The van der Waals surface area contributed by atoms with Gasteiger partial charge in [0.15, 0.2) is 11.6 Å². The quantitative estimate of drug-likeness (QED) is 0.174. The first kappa shape index (κ1) is 35.2. The summed E-state index contributed by atoms with van der Waals surface area (Å²) in [6, 6.07) is 73.7. The van der Waals surface area contributed by atoms with Crippen LogP contribution in [0.25, 0.3) is 126 Å². The average Bonchev–Trinajstić information content (AvgIpc) is 4.10. The van der Waals surface area contributed by atoms with E-state index in [1.165, 1.54) is 41.7 Å². The van der Waals surface area contributed by atoms with Crippen LogP contribution in [-0.4, -0.2) is 28.7 Å². The minimum absolute atomic E-state index is 0.549. The van der Waals surface area contributed by atoms with E-state index in [9.17, 15) is 0 Å². The molecule has 0 amide bonds. The van der Waals surface area contributed by atoms with Crippen molar-refractivity contribution in [2.75, 3.05) is 0 Å². The lowest BCUT2D eigenvalue weighted by molar-refractivity contribution is 0.950. The molecule has 0 radical (unpaired) electrons. The van der Waals surface area contributed by atoms with E-state index in [4.69, 9.17) is 15.0 Å². The number of hydrogen-bond donors (Lipinski definition) is 0. The lowest BCUT2D eigenvalue weighted by Gasteiger charge is -2.14. The molecule has 0 unspecified atom stereocenters. The van der Waals surface area contributed by atoms with Gasteiger partial charge in [-0.3, -0.25) is 4.57 Å². The number of aromatic nitrogens is 6. The Kier molecular flexibility index (Phi) is 7.46. The van der Waals surface area contributed by atoms with Crippen molar-refractivity contribution in [1.29, 1.82) is 0 Å². The van der Waals surface area contributed by atoms with E-state index in [-0.39, 0.29) is 0 Å². The SMILES string of the molecule is c1ccc(-c2nc(-c3ccc4c(c3)sc3ccccc34)nc(-n3c4cccc(-n5c6ccccc6c6ccccc65)c4c4cccc(-n5c6ccccc6c6ccccc65)c43)n2)cc1. The smallest absolute Gasteiger partial charge is 0.238 e. The largest absolute Gasteiger partial charge is 0.309 e. The Labute approximate surface area is 370 Å². The van der Waals surface area contributed by atoms with Gasteiger partial charge in [0.25, 0.3) is 0 Å². The highest BCUT2D eigenvalue weighted by Crippen LogP contribution is 2.44. The molecule has 14 aromatic rings. The van der Waals surface area contributed by atoms with Gasteiger partial charge in [-0.1, -0.05) is 152 Å². The van der Waals surface area contributed by atoms with Gasteiger partial charge in [0.1, 0.15) is 0 Å². The summed E-state index contributed by atoms with van der Waals surface area (Å²) in [6.45, 7) is 0. The number of thiophene rings is 1. The van der Waals surface area contributed by atoms with Crippen LogP contribution < -0.4 is 0 Å². The van der Waals surface area contributed by atoms with Gasteiger partial charge in [0, 0.05) is 63.6 Å². The van der Waals surface area contributed by atoms with Crippen molar-refractivity contribution in [3.8, 4) is 40.1 Å². The maximum atomic E-state index is 5.50. The summed E-state index contributed by atoms with van der Waals surface area (Å²) in [6.07, 6.45) is 0. The fraction of sp³-hybridized carbons (Fsp3) is 0. The standard InChI is InChI=1S/C57H34N6S/c1-2-16-35(17-3-1)55-58-56(36-32-33-42-41-22-8-13-31-51(41)64-52(42)34-36)60-57(59-55)63-49-29-15-28-48(61-44-24-9-4-18-37(44)38-19-5-10-25-45(38)61)53(49)43-23-14-30-50(54(43)63)62-46-26-11-6-20-39(46)40-21-7-12-27-47(40)62/h1-34H. The second-order valence-corrected chi connectivity index (χ2v) is 17.5. The van der Waals surface area contributed by atoms with Crippen LogP contribution in [0.2, 0.25) is 0 Å². The first-order valence-electron chi connectivity index (χ1n) is 21.5. The number of nitrogens with zero attached hydrogens (tertiary/aromatic N) is 6. The van der Waals surface area contributed by atoms with Crippen molar-refractivity contribution in [2.24, 2.45) is 0 Å². The van der Waals surface area contributed by atoms with Crippen LogP contribution in [-0.2, 0) is 0 Å². The number of fused-ring (bicyclic) bond motifs is 12. The highest BCUT2D eigenvalue weighted by atomic mass is 32.1. The average molecular weight is 835 g/mol. The fourth-order valence-electron chi connectivity index (χ4n) is 10.2. The van der Waals surface area contributed by atoms with Gasteiger partial charge in [-0.15, -0.1) is 11.3 Å². The Bertz CT molecular complexity index is 4100. The van der Waals surface area contributed by atoms with Crippen LogP contribution in [0.1, 0.15) is 0 Å². The minimum atomic E-state index is 0.549. The second-order valence-electron chi connectivity index (χ2n) is 16.4. The molecular formula is C57H34N6S. The van der Waals surface area contributed by atoms with E-state index in [1.807, 2.05) is 18.2 Å². The molecule has 0 aliphatic carbocycles. The van der Waals surface area contributed by atoms with Crippen molar-refractivity contribution in [3.05, 3.63) is 206 Å². The van der Waals surface area contributed by atoms with Crippen molar-refractivity contribution >= 4 is 96.9 Å². The van der Waals surface area contributed by atoms with Gasteiger partial charge in [-0.25, -0.2) is 4.98 Å². The molecule has 0 spiro atoms. The molecular weight excluding hydrogens is 801 g/mol. The zero-order chi connectivity index (χ0) is 41.9. The summed E-state index contributed by atoms with van der Waals surface area (Å²) >= 11 is 1.80. The van der Waals surface area contributed by atoms with Crippen LogP contribution in [0.3, 0.4) is 0 Å². The van der Waals surface area contributed by atoms with Crippen LogP contribution >= 0.6 is 11.3 Å². The van der Waals surface area contributed by atoms with Crippen LogP contribution in [0.15, 0.2) is 206 Å². The number of hydrogen-bond acceptors (Lipinski definition) is 4. The fourth-order valence-corrected chi connectivity index (χ4v) is 11.3. The van der Waals surface area contributed by atoms with Crippen LogP contribution in [0.4, 0.5) is 0 Å². The maximum Gasteiger partial charge on any atom is 0.238 e. The van der Waals surface area contributed by atoms with Gasteiger partial charge in [0.05, 0.1) is 44.5 Å². The van der Waals surface area contributed by atoms with Gasteiger partial charge < -0.3 is 9.13 Å². The minimum Gasteiger partial charge on any atom is -0.309 e. The van der Waals surface area contributed by atoms with Crippen molar-refractivity contribution in [3.63, 3.8) is 0 Å². The van der Waals surface area contributed by atoms with Crippen molar-refractivity contribution in [1.82, 2.24) is 28.7 Å². The molecule has 14 rings (SSSR count). The first-order valence-corrected chi connectivity index (χ1v) is 22.4. The third kappa shape index (κ3) is 5.04. The lowest BCUT2D eigenvalue weighted by Crippen LogP contribution is -2.08. The van der Waals surface area contributed by atoms with Crippen molar-refractivity contribution < 1.29 is 0 Å². The van der Waals surface area contributed by atoms with E-state index >= 15 is 0 Å². The van der Waals surface area contributed by atoms with Crippen LogP contribution in [0, 0.1) is 0 Å². The van der Waals surface area contributed by atoms with Crippen molar-refractivity contribution in [2.45, 2.75) is 0 Å². The molecule has 0 saturated heterocycles. The summed E-state index contributed by atoms with van der Waals surface area (Å²) in [4.78, 5) is 16.2. The topological polar surface area (TPSA) is 53.5 Å². The predicted molar refractivity (Wildman–Crippen MR) is 267 cm³/mol. The van der Waals surface area contributed by atoms with E-state index in [2.05, 4.69) is 202 Å². The molecule has 0 atom stereocenters. The Balaban J connectivity index is 1.14. The monoisotopic (exact) mass is 834 g/mol. The van der Waals surface area contributed by atoms with Gasteiger partial charge >= 0.3 is 0 Å². The van der Waals surface area contributed by atoms with Crippen LogP contribution in [0.5, 0.6) is 0 Å². The summed E-state index contributed by atoms with van der Waals surface area (Å²) in [5.41, 5.74) is 10.6. The zero-order valence-corrected chi connectivity index (χ0v) is 35.0. The third-order valence-electron chi connectivity index (χ3n) is 12.9. The number of benzene rings is 9. The zero-order valence-electron chi connectivity index (χ0n) is 34.2. The Morgan fingerprint density at radius 3 is 1.45 bits per heavy atom. The Hall–Kier alpha value is -8.39.